The zero-order chi connectivity index (χ0) is 32.3. The van der Waals surface area contributed by atoms with Crippen molar-refractivity contribution in [3.63, 3.8) is 0 Å². The molecule has 0 aromatic heterocycles. The number of piperidine rings is 1. The van der Waals surface area contributed by atoms with Crippen molar-refractivity contribution in [2.45, 2.75) is 53.4 Å². The van der Waals surface area contributed by atoms with Crippen LogP contribution < -0.4 is 10.2 Å². The molecule has 2 aliphatic heterocycles. The van der Waals surface area contributed by atoms with Crippen LogP contribution in [-0.2, 0) is 20.0 Å². The van der Waals surface area contributed by atoms with Crippen LogP contribution in [-0.4, -0.2) is 58.0 Å². The average molecular weight is 641 g/mol. The van der Waals surface area contributed by atoms with Gasteiger partial charge in [-0.15, -0.1) is 0 Å². The summed E-state index contributed by atoms with van der Waals surface area (Å²) in [5, 5.41) is 14.0. The molecule has 7 nitrogen and oxygen atoms in total. The third kappa shape index (κ3) is 6.21. The molecule has 1 saturated carbocycles. The Hall–Kier alpha value is -4.00. The number of hydrogen-bond acceptors (Lipinski definition) is 6. The van der Waals surface area contributed by atoms with E-state index in [4.69, 9.17) is 0 Å². The van der Waals surface area contributed by atoms with Gasteiger partial charge in [0.2, 0.25) is 15.7 Å². The fourth-order valence-electron chi connectivity index (χ4n) is 8.06. The van der Waals surface area contributed by atoms with Crippen molar-refractivity contribution in [1.82, 2.24) is 10.2 Å². The van der Waals surface area contributed by atoms with Crippen molar-refractivity contribution in [2.75, 3.05) is 37.6 Å². The summed E-state index contributed by atoms with van der Waals surface area (Å²) in [4.78, 5) is 17.6. The molecule has 0 radical (unpaired) electrons. The molecule has 0 bridgehead atoms. The van der Waals surface area contributed by atoms with Crippen molar-refractivity contribution < 1.29 is 17.6 Å². The number of nitriles is 1. The van der Waals surface area contributed by atoms with Crippen molar-refractivity contribution in [2.24, 2.45) is 17.8 Å². The fourth-order valence-corrected chi connectivity index (χ4v) is 9.34. The zero-order valence-corrected chi connectivity index (χ0v) is 26.8. The van der Waals surface area contributed by atoms with Crippen molar-refractivity contribution in [3.8, 4) is 6.07 Å². The van der Waals surface area contributed by atoms with Crippen LogP contribution in [0.2, 0.25) is 0 Å². The van der Waals surface area contributed by atoms with Gasteiger partial charge in [0, 0.05) is 43.2 Å². The van der Waals surface area contributed by atoms with Gasteiger partial charge in [-0.1, -0.05) is 43.3 Å². The van der Waals surface area contributed by atoms with Crippen LogP contribution in [0.5, 0.6) is 0 Å². The molecule has 1 aliphatic carbocycles. The summed E-state index contributed by atoms with van der Waals surface area (Å²) in [6.07, 6.45) is 5.45. The number of sulfone groups is 1. The zero-order valence-electron chi connectivity index (χ0n) is 26.0. The molecule has 0 unspecified atom stereocenters. The molecule has 6 rings (SSSR count). The van der Waals surface area contributed by atoms with Crippen LogP contribution in [0.15, 0.2) is 101 Å². The second kappa shape index (κ2) is 13.4. The van der Waals surface area contributed by atoms with Crippen LogP contribution in [0.4, 0.5) is 10.1 Å². The first-order valence-electron chi connectivity index (χ1n) is 16.2. The molecule has 0 spiro atoms. The van der Waals surface area contributed by atoms with Gasteiger partial charge in [0.05, 0.1) is 21.3 Å². The highest BCUT2D eigenvalue weighted by Crippen LogP contribution is 2.50. The van der Waals surface area contributed by atoms with E-state index in [9.17, 15) is 22.9 Å². The van der Waals surface area contributed by atoms with Gasteiger partial charge < -0.3 is 15.1 Å². The number of carbonyl (C=O) groups is 1. The summed E-state index contributed by atoms with van der Waals surface area (Å²) in [7, 11) is -3.54. The van der Waals surface area contributed by atoms with Crippen LogP contribution >= 0.6 is 0 Å². The monoisotopic (exact) mass is 640 g/mol. The first kappa shape index (κ1) is 32.0. The topological polar surface area (TPSA) is 93.5 Å². The van der Waals surface area contributed by atoms with Crippen molar-refractivity contribution in [1.29, 1.82) is 5.26 Å². The first-order valence-corrected chi connectivity index (χ1v) is 17.7. The molecular weight excluding hydrogens is 599 g/mol. The Bertz CT molecular complexity index is 1690. The highest BCUT2D eigenvalue weighted by molar-refractivity contribution is 7.91. The molecule has 2 heterocycles. The molecule has 3 aliphatic rings. The molecule has 1 amide bonds. The lowest BCUT2D eigenvalue weighted by molar-refractivity contribution is -0.117. The fraction of sp³-hybridized carbons (Fsp3) is 0.405. The summed E-state index contributed by atoms with van der Waals surface area (Å²) >= 11 is 0. The van der Waals surface area contributed by atoms with Gasteiger partial charge in [0.25, 0.3) is 0 Å². The minimum absolute atomic E-state index is 0.0466. The third-order valence-electron chi connectivity index (χ3n) is 10.4. The highest BCUT2D eigenvalue weighted by Gasteiger charge is 2.52. The summed E-state index contributed by atoms with van der Waals surface area (Å²) in [5.41, 5.74) is 0.845. The van der Waals surface area contributed by atoms with E-state index in [1.54, 1.807) is 48.5 Å². The van der Waals surface area contributed by atoms with E-state index in [0.717, 1.165) is 76.1 Å². The van der Waals surface area contributed by atoms with Crippen LogP contribution in [0, 0.1) is 34.9 Å². The van der Waals surface area contributed by atoms with Gasteiger partial charge in [-0.25, -0.2) is 12.8 Å². The lowest BCUT2D eigenvalue weighted by Gasteiger charge is -2.48. The van der Waals surface area contributed by atoms with Crippen molar-refractivity contribution >= 4 is 21.4 Å². The Balaban J connectivity index is 1.08. The van der Waals surface area contributed by atoms with E-state index < -0.39 is 15.3 Å². The Kier molecular flexibility index (Phi) is 9.30. The standard InChI is InChI=1S/C37H41FN4O3S/c1-2-36(43)40-35-13-7-12-34(35)37(26-39,29-8-6-9-30(38)22-29)28-18-20-41(21-19-28)23-27-24-42(25-27)31-14-16-33(17-15-31)46(44,45)32-10-4-3-5-11-32/h2-6,8-11,14-17,22,27-28,34-35H,1,7,12-13,18-21,23-25H2,(H,40,43)/t34-,35-,37-/m0/s1. The molecule has 3 aromatic carbocycles. The number of nitrogens with one attached hydrogen (secondary N) is 1. The Labute approximate surface area is 271 Å². The molecule has 3 fully saturated rings. The third-order valence-corrected chi connectivity index (χ3v) is 12.2. The second-order valence-corrected chi connectivity index (χ2v) is 15.0. The largest absolute Gasteiger partial charge is 0.371 e. The number of rotatable bonds is 10. The maximum atomic E-state index is 14.6. The molecule has 1 N–H and O–H groups in total. The first-order chi connectivity index (χ1) is 22.2. The molecule has 46 heavy (non-hydrogen) atoms. The van der Waals surface area contributed by atoms with Crippen molar-refractivity contribution in [3.05, 3.63) is 103 Å². The molecule has 240 valence electrons. The smallest absolute Gasteiger partial charge is 0.243 e. The maximum Gasteiger partial charge on any atom is 0.243 e. The Morgan fingerprint density at radius 3 is 2.33 bits per heavy atom. The molecule has 9 heteroatoms. The maximum absolute atomic E-state index is 14.6. The summed E-state index contributed by atoms with van der Waals surface area (Å²) < 4.78 is 40.5. The summed E-state index contributed by atoms with van der Waals surface area (Å²) in [6.45, 7) is 8.10. The van der Waals surface area contributed by atoms with Gasteiger partial charge in [0.15, 0.2) is 0 Å². The number of carbonyl (C=O) groups excluding carboxylic acids is 1. The van der Waals surface area contributed by atoms with Gasteiger partial charge in [-0.3, -0.25) is 4.79 Å². The van der Waals surface area contributed by atoms with Crippen LogP contribution in [0.3, 0.4) is 0 Å². The van der Waals surface area contributed by atoms with Crippen LogP contribution in [0.1, 0.15) is 37.7 Å². The number of amides is 1. The summed E-state index contributed by atoms with van der Waals surface area (Å²) in [5.74, 6) is -0.136. The Morgan fingerprint density at radius 1 is 0.978 bits per heavy atom. The quantitative estimate of drug-likeness (QED) is 0.284. The molecule has 2 saturated heterocycles. The molecular formula is C37H41FN4O3S. The van der Waals surface area contributed by atoms with E-state index in [1.165, 1.54) is 18.2 Å². The van der Waals surface area contributed by atoms with E-state index in [2.05, 4.69) is 27.8 Å². The summed E-state index contributed by atoms with van der Waals surface area (Å²) in [6, 6.07) is 24.7. The number of hydrogen-bond donors (Lipinski definition) is 1. The normalized spacial score (nSPS) is 22.4. The van der Waals surface area contributed by atoms with E-state index >= 15 is 0 Å². The van der Waals surface area contributed by atoms with E-state index in [0.29, 0.717) is 15.7 Å². The minimum Gasteiger partial charge on any atom is -0.371 e. The predicted molar refractivity (Wildman–Crippen MR) is 176 cm³/mol. The molecule has 3 atom stereocenters. The number of likely N-dealkylation sites (tertiary alicyclic amines) is 1. The lowest BCUT2D eigenvalue weighted by atomic mass is 9.59. The number of halogens is 1. The predicted octanol–water partition coefficient (Wildman–Crippen LogP) is 5.74. The van der Waals surface area contributed by atoms with E-state index in [1.807, 2.05) is 18.2 Å². The number of nitrogens with zero attached hydrogens (tertiary/aromatic N) is 3. The SMILES string of the molecule is C=CC(=O)N[C@H]1CCC[C@@H]1[C@](C#N)(c1cccc(F)c1)C1CCN(CC2CN(c3ccc(S(=O)(=O)c4ccccc4)cc3)C2)CC1. The Morgan fingerprint density at radius 2 is 1.67 bits per heavy atom. The van der Waals surface area contributed by atoms with E-state index in [-0.39, 0.29) is 29.6 Å². The minimum atomic E-state index is -3.54. The number of benzene rings is 3. The van der Waals surface area contributed by atoms with Crippen LogP contribution in [0.25, 0.3) is 0 Å². The second-order valence-electron chi connectivity index (χ2n) is 13.0. The van der Waals surface area contributed by atoms with Gasteiger partial charge in [0.1, 0.15) is 5.82 Å². The number of anilines is 1. The van der Waals surface area contributed by atoms with Gasteiger partial charge in [-0.2, -0.15) is 5.26 Å². The van der Waals surface area contributed by atoms with Gasteiger partial charge in [-0.05, 0) is 105 Å². The highest BCUT2D eigenvalue weighted by atomic mass is 32.2. The van der Waals surface area contributed by atoms with Gasteiger partial charge >= 0.3 is 0 Å². The average Bonchev–Trinajstić information content (AvgIpc) is 3.52. The lowest BCUT2D eigenvalue weighted by Crippen LogP contribution is -2.55. The molecule has 3 aromatic rings.